The lowest BCUT2D eigenvalue weighted by molar-refractivity contribution is -0.145. The van der Waals surface area contributed by atoms with Crippen LogP contribution in [-0.4, -0.2) is 50.3 Å². The maximum atomic E-state index is 11.8. The molecule has 1 amide bonds. The molecule has 0 radical (unpaired) electrons. The highest BCUT2D eigenvalue weighted by molar-refractivity contribution is 5.87. The molecule has 0 saturated carbocycles. The van der Waals surface area contributed by atoms with E-state index in [0.717, 1.165) is 0 Å². The van der Waals surface area contributed by atoms with Gasteiger partial charge in [0.2, 0.25) is 5.91 Å². The molecule has 3 atom stereocenters. The first-order valence-electron chi connectivity index (χ1n) is 5.29. The first kappa shape index (κ1) is 12.9. The molecule has 0 aliphatic carbocycles. The molecule has 2 N–H and O–H groups in total. The first-order valence-corrected chi connectivity index (χ1v) is 5.29. The van der Waals surface area contributed by atoms with Gasteiger partial charge in [-0.05, 0) is 13.8 Å². The number of methoxy groups -OCH3 is 1. The molecule has 1 aliphatic heterocycles. The summed E-state index contributed by atoms with van der Waals surface area (Å²) in [5.41, 5.74) is 0. The third kappa shape index (κ3) is 3.18. The van der Waals surface area contributed by atoms with E-state index in [1.807, 2.05) is 6.92 Å². The van der Waals surface area contributed by atoms with Gasteiger partial charge in [0.15, 0.2) is 0 Å². The lowest BCUT2D eigenvalue weighted by atomic mass is 10.1. The molecular weight excluding hydrogens is 212 g/mol. The van der Waals surface area contributed by atoms with Crippen LogP contribution in [0.5, 0.6) is 0 Å². The molecule has 0 unspecified atom stereocenters. The van der Waals surface area contributed by atoms with Gasteiger partial charge in [-0.25, -0.2) is 4.79 Å². The predicted octanol–water partition coefficient (Wildman–Crippen LogP) is -0.959. The van der Waals surface area contributed by atoms with E-state index < -0.39 is 18.1 Å². The van der Waals surface area contributed by atoms with E-state index in [0.29, 0.717) is 13.2 Å². The molecule has 6 heteroatoms. The normalized spacial score (nSPS) is 26.9. The lowest BCUT2D eigenvalue weighted by Crippen LogP contribution is -2.57. The van der Waals surface area contributed by atoms with Crippen LogP contribution in [0.4, 0.5) is 0 Å². The Kier molecular flexibility index (Phi) is 4.70. The molecular formula is C10H18N2O4. The monoisotopic (exact) mass is 230 g/mol. The van der Waals surface area contributed by atoms with Crippen LogP contribution < -0.4 is 10.6 Å². The molecule has 0 aromatic carbocycles. The highest BCUT2D eigenvalue weighted by Gasteiger charge is 2.30. The van der Waals surface area contributed by atoms with Crippen LogP contribution in [0.25, 0.3) is 0 Å². The van der Waals surface area contributed by atoms with Crippen LogP contribution in [0.15, 0.2) is 0 Å². The molecule has 1 aliphatic rings. The van der Waals surface area contributed by atoms with E-state index in [9.17, 15) is 9.59 Å². The number of carbonyl (C=O) groups excluding carboxylic acids is 2. The van der Waals surface area contributed by atoms with Gasteiger partial charge in [-0.3, -0.25) is 4.79 Å². The fourth-order valence-electron chi connectivity index (χ4n) is 1.57. The Balaban J connectivity index is 2.47. The minimum absolute atomic E-state index is 0.196. The van der Waals surface area contributed by atoms with E-state index in [-0.39, 0.29) is 12.0 Å². The summed E-state index contributed by atoms with van der Waals surface area (Å²) in [6, 6.07) is -1.06. The average Bonchev–Trinajstić information content (AvgIpc) is 2.28. The summed E-state index contributed by atoms with van der Waals surface area (Å²) in [6.07, 6.45) is -0.196. The fraction of sp³-hybridized carbons (Fsp3) is 0.800. The Bertz CT molecular complexity index is 270. The summed E-state index contributed by atoms with van der Waals surface area (Å²) in [5, 5.41) is 5.62. The van der Waals surface area contributed by atoms with Crippen LogP contribution in [0.2, 0.25) is 0 Å². The van der Waals surface area contributed by atoms with Crippen molar-refractivity contribution in [2.45, 2.75) is 32.0 Å². The molecule has 6 nitrogen and oxygen atoms in total. The number of esters is 1. The topological polar surface area (TPSA) is 76.7 Å². The van der Waals surface area contributed by atoms with Crippen molar-refractivity contribution in [3.05, 3.63) is 0 Å². The van der Waals surface area contributed by atoms with Crippen molar-refractivity contribution in [1.82, 2.24) is 10.6 Å². The molecule has 1 saturated heterocycles. The van der Waals surface area contributed by atoms with Crippen molar-refractivity contribution in [3.8, 4) is 0 Å². The molecule has 1 rings (SSSR count). The van der Waals surface area contributed by atoms with E-state index >= 15 is 0 Å². The third-order valence-corrected chi connectivity index (χ3v) is 2.51. The van der Waals surface area contributed by atoms with Gasteiger partial charge >= 0.3 is 5.97 Å². The summed E-state index contributed by atoms with van der Waals surface area (Å²) < 4.78 is 9.86. The molecule has 16 heavy (non-hydrogen) atoms. The molecule has 1 fully saturated rings. The molecule has 92 valence electrons. The molecule has 0 spiro atoms. The van der Waals surface area contributed by atoms with Crippen LogP contribution in [0.1, 0.15) is 13.8 Å². The molecule has 0 bridgehead atoms. The standard InChI is InChI=1S/C10H18N2O4/c1-6(10(14)15-3)12-9(13)8-7(2)16-5-4-11-8/h6-8,11H,4-5H2,1-3H3,(H,12,13)/t6-,7+,8-/m0/s1. The fourth-order valence-corrected chi connectivity index (χ4v) is 1.57. The molecule has 0 aromatic heterocycles. The number of rotatable bonds is 3. The van der Waals surface area contributed by atoms with Crippen molar-refractivity contribution in [1.29, 1.82) is 0 Å². The van der Waals surface area contributed by atoms with Crippen LogP contribution in [0.3, 0.4) is 0 Å². The Morgan fingerprint density at radius 1 is 1.56 bits per heavy atom. The van der Waals surface area contributed by atoms with Crippen molar-refractivity contribution in [2.24, 2.45) is 0 Å². The van der Waals surface area contributed by atoms with Gasteiger partial charge in [0.25, 0.3) is 0 Å². The number of hydrogen-bond donors (Lipinski definition) is 2. The van der Waals surface area contributed by atoms with Crippen molar-refractivity contribution in [2.75, 3.05) is 20.3 Å². The average molecular weight is 230 g/mol. The molecule has 1 heterocycles. The van der Waals surface area contributed by atoms with Gasteiger partial charge in [-0.15, -0.1) is 0 Å². The number of nitrogens with one attached hydrogen (secondary N) is 2. The van der Waals surface area contributed by atoms with Gasteiger partial charge in [0.05, 0.1) is 19.8 Å². The Morgan fingerprint density at radius 2 is 2.25 bits per heavy atom. The largest absolute Gasteiger partial charge is 0.467 e. The summed E-state index contributed by atoms with van der Waals surface area (Å²) in [4.78, 5) is 22.9. The Labute approximate surface area is 94.7 Å². The Morgan fingerprint density at radius 3 is 2.81 bits per heavy atom. The highest BCUT2D eigenvalue weighted by Crippen LogP contribution is 2.04. The Hall–Kier alpha value is -1.14. The number of hydrogen-bond acceptors (Lipinski definition) is 5. The van der Waals surface area contributed by atoms with Gasteiger partial charge in [0, 0.05) is 6.54 Å². The molecule has 0 aromatic rings. The van der Waals surface area contributed by atoms with Crippen LogP contribution in [0, 0.1) is 0 Å². The second-order valence-corrected chi connectivity index (χ2v) is 3.76. The lowest BCUT2D eigenvalue weighted by Gasteiger charge is -2.29. The van der Waals surface area contributed by atoms with Crippen molar-refractivity contribution in [3.63, 3.8) is 0 Å². The van der Waals surface area contributed by atoms with E-state index in [1.165, 1.54) is 7.11 Å². The minimum Gasteiger partial charge on any atom is -0.467 e. The first-order chi connectivity index (χ1) is 7.56. The summed E-state index contributed by atoms with van der Waals surface area (Å²) >= 11 is 0. The van der Waals surface area contributed by atoms with Crippen LogP contribution in [-0.2, 0) is 19.1 Å². The zero-order valence-corrected chi connectivity index (χ0v) is 9.78. The highest BCUT2D eigenvalue weighted by atomic mass is 16.5. The van der Waals surface area contributed by atoms with Gasteiger partial charge < -0.3 is 20.1 Å². The summed E-state index contributed by atoms with van der Waals surface area (Å²) in [5.74, 6) is -0.706. The number of carbonyl (C=O) groups is 2. The van der Waals surface area contributed by atoms with Gasteiger partial charge in [-0.2, -0.15) is 0 Å². The van der Waals surface area contributed by atoms with Gasteiger partial charge in [0.1, 0.15) is 12.1 Å². The van der Waals surface area contributed by atoms with Crippen molar-refractivity contribution >= 4 is 11.9 Å². The zero-order valence-electron chi connectivity index (χ0n) is 9.78. The van der Waals surface area contributed by atoms with E-state index in [1.54, 1.807) is 6.92 Å². The SMILES string of the molecule is COC(=O)[C@H](C)NC(=O)[C@H]1NCCO[C@@H]1C. The minimum atomic E-state index is -0.645. The number of ether oxygens (including phenoxy) is 2. The zero-order chi connectivity index (χ0) is 12.1. The van der Waals surface area contributed by atoms with Gasteiger partial charge in [-0.1, -0.05) is 0 Å². The van der Waals surface area contributed by atoms with E-state index in [4.69, 9.17) is 4.74 Å². The number of morpholine rings is 1. The maximum Gasteiger partial charge on any atom is 0.328 e. The van der Waals surface area contributed by atoms with Crippen LogP contribution >= 0.6 is 0 Å². The number of amides is 1. The summed E-state index contributed by atoms with van der Waals surface area (Å²) in [6.45, 7) is 4.63. The second-order valence-electron chi connectivity index (χ2n) is 3.76. The summed E-state index contributed by atoms with van der Waals surface area (Å²) in [7, 11) is 1.29. The maximum absolute atomic E-state index is 11.8. The predicted molar refractivity (Wildman–Crippen MR) is 56.8 cm³/mol. The smallest absolute Gasteiger partial charge is 0.328 e. The third-order valence-electron chi connectivity index (χ3n) is 2.51. The quantitative estimate of drug-likeness (QED) is 0.611. The second kappa shape index (κ2) is 5.81. The van der Waals surface area contributed by atoms with E-state index in [2.05, 4.69) is 15.4 Å². The van der Waals surface area contributed by atoms with Crippen molar-refractivity contribution < 1.29 is 19.1 Å².